The topological polar surface area (TPSA) is 12.9 Å². The van der Waals surface area contributed by atoms with E-state index in [1.807, 2.05) is 24.4 Å². The van der Waals surface area contributed by atoms with Crippen LogP contribution < -0.4 is 0 Å². The molecule has 0 saturated heterocycles. The van der Waals surface area contributed by atoms with Crippen LogP contribution in [0, 0.1) is 11.7 Å². The summed E-state index contributed by atoms with van der Waals surface area (Å²) in [5.74, 6) is 1.28. The fourth-order valence-electron chi connectivity index (χ4n) is 4.06. The summed E-state index contributed by atoms with van der Waals surface area (Å²) in [6.07, 6.45) is 11.8. The molecule has 0 N–H and O–H groups in total. The predicted octanol–water partition coefficient (Wildman–Crippen LogP) is 6.91. The van der Waals surface area contributed by atoms with Crippen LogP contribution in [0.1, 0.15) is 75.8 Å². The Morgan fingerprint density at radius 3 is 2.44 bits per heavy atom. The number of pyridine rings is 1. The minimum Gasteiger partial charge on any atom is -0.256 e. The first kappa shape index (κ1) is 18.1. The first-order valence-electron chi connectivity index (χ1n) is 9.96. The highest BCUT2D eigenvalue weighted by Gasteiger charge is 2.22. The van der Waals surface area contributed by atoms with Crippen molar-refractivity contribution in [3.63, 3.8) is 0 Å². The normalized spacial score (nSPS) is 20.6. The molecule has 0 aliphatic heterocycles. The van der Waals surface area contributed by atoms with E-state index in [1.54, 1.807) is 6.07 Å². The van der Waals surface area contributed by atoms with Gasteiger partial charge in [-0.3, -0.25) is 4.98 Å². The molecule has 1 fully saturated rings. The Morgan fingerprint density at radius 1 is 1.04 bits per heavy atom. The Balaban J connectivity index is 1.67. The highest BCUT2D eigenvalue weighted by molar-refractivity contribution is 5.60. The van der Waals surface area contributed by atoms with Crippen LogP contribution >= 0.6 is 0 Å². The zero-order valence-corrected chi connectivity index (χ0v) is 15.6. The molecule has 3 rings (SSSR count). The number of aromatic nitrogens is 1. The van der Waals surface area contributed by atoms with Gasteiger partial charge >= 0.3 is 0 Å². The predicted molar refractivity (Wildman–Crippen MR) is 103 cm³/mol. The van der Waals surface area contributed by atoms with E-state index in [9.17, 15) is 4.39 Å². The molecule has 0 unspecified atom stereocenters. The maximum Gasteiger partial charge on any atom is 0.132 e. The molecular formula is C23H30FN. The third kappa shape index (κ3) is 4.48. The van der Waals surface area contributed by atoms with Gasteiger partial charge in [-0.15, -0.1) is 0 Å². The number of hydrogen-bond donors (Lipinski definition) is 0. The molecule has 1 aliphatic rings. The Bertz CT molecular complexity index is 669. The maximum absolute atomic E-state index is 14.7. The fraction of sp³-hybridized carbons (Fsp3) is 0.522. The molecule has 134 valence electrons. The lowest BCUT2D eigenvalue weighted by Gasteiger charge is -2.29. The zero-order valence-electron chi connectivity index (χ0n) is 15.6. The summed E-state index contributed by atoms with van der Waals surface area (Å²) < 4.78 is 14.7. The SMILES string of the molecule is CCCCC1CCC(c2ccc(-c3ccc(CC)cn3)c(F)c2)CC1. The van der Waals surface area contributed by atoms with Crippen molar-refractivity contribution in [2.45, 2.75) is 71.1 Å². The first-order chi connectivity index (χ1) is 12.2. The standard InChI is InChI=1S/C23H30FN/c1-3-5-6-18-7-10-19(11-8-18)20-12-13-21(22(24)15-20)23-14-9-17(4-2)16-25-23/h9,12-16,18-19H,3-8,10-11H2,1-2H3. The highest BCUT2D eigenvalue weighted by Crippen LogP contribution is 2.38. The lowest BCUT2D eigenvalue weighted by atomic mass is 9.77. The van der Waals surface area contributed by atoms with E-state index in [-0.39, 0.29) is 5.82 Å². The van der Waals surface area contributed by atoms with Crippen molar-refractivity contribution in [2.24, 2.45) is 5.92 Å². The van der Waals surface area contributed by atoms with Crippen LogP contribution in [0.15, 0.2) is 36.5 Å². The van der Waals surface area contributed by atoms with Gasteiger partial charge in [0.05, 0.1) is 5.69 Å². The third-order valence-electron chi connectivity index (χ3n) is 5.79. The van der Waals surface area contributed by atoms with Crippen LogP contribution in [0.3, 0.4) is 0 Å². The van der Waals surface area contributed by atoms with Crippen molar-refractivity contribution >= 4 is 0 Å². The molecule has 0 bridgehead atoms. The molecule has 1 aliphatic carbocycles. The average Bonchev–Trinajstić information content (AvgIpc) is 2.67. The lowest BCUT2D eigenvalue weighted by molar-refractivity contribution is 0.304. The van der Waals surface area contributed by atoms with Gasteiger partial charge in [-0.25, -0.2) is 4.39 Å². The van der Waals surface area contributed by atoms with Gasteiger partial charge in [0.15, 0.2) is 0 Å². The molecule has 1 nitrogen and oxygen atoms in total. The number of hydrogen-bond acceptors (Lipinski definition) is 1. The van der Waals surface area contributed by atoms with Gasteiger partial charge in [-0.05, 0) is 73.3 Å². The minimum absolute atomic E-state index is 0.137. The van der Waals surface area contributed by atoms with Gasteiger partial charge in [0.1, 0.15) is 5.82 Å². The van der Waals surface area contributed by atoms with Crippen LogP contribution in [-0.4, -0.2) is 4.98 Å². The molecule has 1 heterocycles. The quantitative estimate of drug-likeness (QED) is 0.557. The van der Waals surface area contributed by atoms with E-state index in [0.29, 0.717) is 11.5 Å². The summed E-state index contributed by atoms with van der Waals surface area (Å²) in [6, 6.07) is 9.75. The summed E-state index contributed by atoms with van der Waals surface area (Å²) in [5, 5.41) is 0. The van der Waals surface area contributed by atoms with Crippen LogP contribution in [0.5, 0.6) is 0 Å². The third-order valence-corrected chi connectivity index (χ3v) is 5.79. The second kappa shape index (κ2) is 8.60. The maximum atomic E-state index is 14.7. The Labute approximate surface area is 151 Å². The van der Waals surface area contributed by atoms with Gasteiger partial charge in [0.2, 0.25) is 0 Å². The second-order valence-corrected chi connectivity index (χ2v) is 7.50. The van der Waals surface area contributed by atoms with Crippen molar-refractivity contribution in [2.75, 3.05) is 0 Å². The second-order valence-electron chi connectivity index (χ2n) is 7.50. The number of unbranched alkanes of at least 4 members (excludes halogenated alkanes) is 1. The van der Waals surface area contributed by atoms with E-state index >= 15 is 0 Å². The van der Waals surface area contributed by atoms with Gasteiger partial charge in [-0.1, -0.05) is 45.2 Å². The number of aryl methyl sites for hydroxylation is 1. The molecule has 0 atom stereocenters. The van der Waals surface area contributed by atoms with Gasteiger partial charge in [0, 0.05) is 11.8 Å². The van der Waals surface area contributed by atoms with Crippen molar-refractivity contribution in [1.29, 1.82) is 0 Å². The Hall–Kier alpha value is -1.70. The van der Waals surface area contributed by atoms with Gasteiger partial charge in [-0.2, -0.15) is 0 Å². The summed E-state index contributed by atoms with van der Waals surface area (Å²) in [5.41, 5.74) is 3.69. The first-order valence-corrected chi connectivity index (χ1v) is 9.96. The van der Waals surface area contributed by atoms with Crippen LogP contribution in [0.2, 0.25) is 0 Å². The highest BCUT2D eigenvalue weighted by atomic mass is 19.1. The number of rotatable bonds is 6. The number of benzene rings is 1. The van der Waals surface area contributed by atoms with Gasteiger partial charge in [0.25, 0.3) is 0 Å². The van der Waals surface area contributed by atoms with Crippen molar-refractivity contribution < 1.29 is 4.39 Å². The van der Waals surface area contributed by atoms with E-state index in [0.717, 1.165) is 18.0 Å². The molecule has 1 aromatic carbocycles. The molecule has 2 heteroatoms. The Kier molecular flexibility index (Phi) is 6.23. The largest absolute Gasteiger partial charge is 0.256 e. The fourth-order valence-corrected chi connectivity index (χ4v) is 4.06. The molecular weight excluding hydrogens is 309 g/mol. The molecule has 1 aromatic heterocycles. The number of nitrogens with zero attached hydrogens (tertiary/aromatic N) is 1. The van der Waals surface area contributed by atoms with Gasteiger partial charge < -0.3 is 0 Å². The van der Waals surface area contributed by atoms with E-state index in [2.05, 4.69) is 24.9 Å². The monoisotopic (exact) mass is 339 g/mol. The lowest BCUT2D eigenvalue weighted by Crippen LogP contribution is -2.13. The Morgan fingerprint density at radius 2 is 1.84 bits per heavy atom. The van der Waals surface area contributed by atoms with Crippen molar-refractivity contribution in [3.05, 3.63) is 53.5 Å². The molecule has 1 saturated carbocycles. The summed E-state index contributed by atoms with van der Waals surface area (Å²) in [4.78, 5) is 4.42. The summed E-state index contributed by atoms with van der Waals surface area (Å²) in [6.45, 7) is 4.36. The number of halogens is 1. The molecule has 0 radical (unpaired) electrons. The summed E-state index contributed by atoms with van der Waals surface area (Å²) >= 11 is 0. The minimum atomic E-state index is -0.137. The van der Waals surface area contributed by atoms with Crippen LogP contribution in [0.25, 0.3) is 11.3 Å². The molecule has 0 spiro atoms. The van der Waals surface area contributed by atoms with E-state index in [1.165, 1.54) is 56.1 Å². The molecule has 0 amide bonds. The molecule has 2 aromatic rings. The van der Waals surface area contributed by atoms with Crippen molar-refractivity contribution in [3.8, 4) is 11.3 Å². The van der Waals surface area contributed by atoms with Crippen molar-refractivity contribution in [1.82, 2.24) is 4.98 Å². The average molecular weight is 339 g/mol. The van der Waals surface area contributed by atoms with E-state index in [4.69, 9.17) is 0 Å². The smallest absolute Gasteiger partial charge is 0.132 e. The van der Waals surface area contributed by atoms with Crippen LogP contribution in [-0.2, 0) is 6.42 Å². The van der Waals surface area contributed by atoms with Crippen LogP contribution in [0.4, 0.5) is 4.39 Å². The summed E-state index contributed by atoms with van der Waals surface area (Å²) in [7, 11) is 0. The zero-order chi connectivity index (χ0) is 17.6. The van der Waals surface area contributed by atoms with E-state index < -0.39 is 0 Å². The molecule has 25 heavy (non-hydrogen) atoms.